The quantitative estimate of drug-likeness (QED) is 0.682. The monoisotopic (exact) mass is 328 g/mol. The molecule has 1 N–H and O–H groups in total. The van der Waals surface area contributed by atoms with E-state index in [2.05, 4.69) is 11.2 Å². The van der Waals surface area contributed by atoms with E-state index < -0.39 is 20.8 Å². The van der Waals surface area contributed by atoms with E-state index in [0.717, 1.165) is 12.3 Å². The highest BCUT2D eigenvalue weighted by molar-refractivity contribution is 8.14. The van der Waals surface area contributed by atoms with Crippen LogP contribution in [0.5, 0.6) is 0 Å². The summed E-state index contributed by atoms with van der Waals surface area (Å²) in [6.45, 7) is -0.152. The van der Waals surface area contributed by atoms with Crippen molar-refractivity contribution in [3.8, 4) is 12.3 Å². The van der Waals surface area contributed by atoms with Crippen LogP contribution in [-0.2, 0) is 20.4 Å². The molecule has 0 atom stereocenters. The third-order valence-corrected chi connectivity index (χ3v) is 4.12. The van der Waals surface area contributed by atoms with E-state index >= 15 is 0 Å². The number of rotatable bonds is 4. The van der Waals surface area contributed by atoms with Gasteiger partial charge in [-0.25, -0.2) is 12.8 Å². The fraction of sp³-hybridized carbons (Fsp3) is 0.154. The molecule has 0 saturated carbocycles. The second kappa shape index (κ2) is 5.76. The van der Waals surface area contributed by atoms with E-state index in [4.69, 9.17) is 17.1 Å². The Bertz CT molecular complexity index is 852. The minimum absolute atomic E-state index is 0.0487. The summed E-state index contributed by atoms with van der Waals surface area (Å²) in [5.41, 5.74) is 0.255. The van der Waals surface area contributed by atoms with E-state index in [1.807, 2.05) is 0 Å². The summed E-state index contributed by atoms with van der Waals surface area (Å²) >= 11 is 0. The third-order valence-electron chi connectivity index (χ3n) is 2.78. The van der Waals surface area contributed by atoms with Gasteiger partial charge >= 0.3 is 0 Å². The van der Waals surface area contributed by atoms with Crippen molar-refractivity contribution in [1.29, 1.82) is 0 Å². The van der Waals surface area contributed by atoms with Gasteiger partial charge in [-0.2, -0.15) is 0 Å². The van der Waals surface area contributed by atoms with Crippen molar-refractivity contribution in [3.63, 3.8) is 0 Å². The Morgan fingerprint density at radius 2 is 2.19 bits per heavy atom. The number of aromatic nitrogens is 1. The number of carbonyl (C=O) groups excluding carboxylic acids is 1. The molecule has 21 heavy (non-hydrogen) atoms. The molecule has 0 saturated heterocycles. The van der Waals surface area contributed by atoms with Crippen LogP contribution in [0.25, 0.3) is 10.9 Å². The minimum atomic E-state index is -4.14. The molecule has 0 fully saturated rings. The third kappa shape index (κ3) is 3.17. The zero-order chi connectivity index (χ0) is 15.6. The van der Waals surface area contributed by atoms with Crippen LogP contribution < -0.4 is 5.32 Å². The molecule has 0 spiro atoms. The van der Waals surface area contributed by atoms with Crippen molar-refractivity contribution in [2.75, 3.05) is 6.54 Å². The number of fused-ring (bicyclic) bond motifs is 1. The predicted molar refractivity (Wildman–Crippen MR) is 76.8 cm³/mol. The SMILES string of the molecule is C#CCNC(=O)Cn1cc(S(=O)(=O)Cl)c2c(F)cccc21. The normalized spacial score (nSPS) is 11.3. The molecule has 0 radical (unpaired) electrons. The van der Waals surface area contributed by atoms with Crippen LogP contribution in [0.2, 0.25) is 0 Å². The number of nitrogens with one attached hydrogen (secondary N) is 1. The summed E-state index contributed by atoms with van der Waals surface area (Å²) in [4.78, 5) is 11.3. The van der Waals surface area contributed by atoms with Gasteiger partial charge in [-0.15, -0.1) is 6.42 Å². The first-order valence-corrected chi connectivity index (χ1v) is 8.07. The van der Waals surface area contributed by atoms with Crippen molar-refractivity contribution < 1.29 is 17.6 Å². The predicted octanol–water partition coefficient (Wildman–Crippen LogP) is 1.46. The average Bonchev–Trinajstić information content (AvgIpc) is 2.77. The molecule has 110 valence electrons. The summed E-state index contributed by atoms with van der Waals surface area (Å²) in [7, 11) is 1.17. The smallest absolute Gasteiger partial charge is 0.263 e. The molecular formula is C13H10ClFN2O3S. The van der Waals surface area contributed by atoms with Gasteiger partial charge in [-0.1, -0.05) is 12.0 Å². The van der Waals surface area contributed by atoms with Gasteiger partial charge in [-0.05, 0) is 12.1 Å². The standard InChI is InChI=1S/C13H10ClFN2O3S/c1-2-6-16-12(18)8-17-7-11(21(14,19)20)13-9(15)4-3-5-10(13)17/h1,3-5,7H,6,8H2,(H,16,18). The molecule has 0 aliphatic carbocycles. The number of nitrogens with zero attached hydrogens (tertiary/aromatic N) is 1. The van der Waals surface area contributed by atoms with Crippen molar-refractivity contribution in [3.05, 3.63) is 30.2 Å². The molecule has 0 aliphatic heterocycles. The lowest BCUT2D eigenvalue weighted by molar-refractivity contribution is -0.121. The van der Waals surface area contributed by atoms with Crippen molar-refractivity contribution in [2.45, 2.75) is 11.4 Å². The van der Waals surface area contributed by atoms with Gasteiger partial charge < -0.3 is 9.88 Å². The van der Waals surface area contributed by atoms with E-state index in [1.165, 1.54) is 16.7 Å². The molecule has 5 nitrogen and oxygen atoms in total. The number of carbonyl (C=O) groups is 1. The molecule has 2 aromatic rings. The number of hydrogen-bond donors (Lipinski definition) is 1. The van der Waals surface area contributed by atoms with Crippen molar-refractivity contribution >= 4 is 36.5 Å². The molecule has 1 heterocycles. The van der Waals surface area contributed by atoms with E-state index in [0.29, 0.717) is 0 Å². The van der Waals surface area contributed by atoms with E-state index in [1.54, 1.807) is 0 Å². The van der Waals surface area contributed by atoms with Crippen molar-refractivity contribution in [2.24, 2.45) is 0 Å². The Morgan fingerprint density at radius 3 is 2.81 bits per heavy atom. The summed E-state index contributed by atoms with van der Waals surface area (Å²) in [5.74, 6) is 1.09. The lowest BCUT2D eigenvalue weighted by Gasteiger charge is -2.04. The van der Waals surface area contributed by atoms with E-state index in [9.17, 15) is 17.6 Å². The lowest BCUT2D eigenvalue weighted by Crippen LogP contribution is -2.27. The lowest BCUT2D eigenvalue weighted by atomic mass is 10.2. The second-order valence-electron chi connectivity index (χ2n) is 4.17. The maximum Gasteiger partial charge on any atom is 0.263 e. The van der Waals surface area contributed by atoms with Crippen LogP contribution >= 0.6 is 10.7 Å². The average molecular weight is 329 g/mol. The maximum absolute atomic E-state index is 13.9. The number of halogens is 2. The van der Waals surface area contributed by atoms with Crippen LogP contribution in [0.1, 0.15) is 0 Å². The fourth-order valence-corrected chi connectivity index (χ4v) is 3.00. The Kier molecular flexibility index (Phi) is 4.21. The highest BCUT2D eigenvalue weighted by Gasteiger charge is 2.22. The van der Waals surface area contributed by atoms with E-state index in [-0.39, 0.29) is 28.9 Å². The first-order valence-electron chi connectivity index (χ1n) is 5.76. The van der Waals surface area contributed by atoms with Crippen LogP contribution in [0.4, 0.5) is 4.39 Å². The Balaban J connectivity index is 2.54. The highest BCUT2D eigenvalue weighted by Crippen LogP contribution is 2.30. The summed E-state index contributed by atoms with van der Waals surface area (Å²) in [6, 6.07) is 4.03. The second-order valence-corrected chi connectivity index (χ2v) is 6.71. The van der Waals surface area contributed by atoms with Crippen molar-refractivity contribution in [1.82, 2.24) is 9.88 Å². The summed E-state index contributed by atoms with van der Waals surface area (Å²) < 4.78 is 38.2. The molecule has 1 aromatic heterocycles. The van der Waals surface area contributed by atoms with Gasteiger partial charge in [0.25, 0.3) is 9.05 Å². The molecule has 0 bridgehead atoms. The largest absolute Gasteiger partial charge is 0.344 e. The number of hydrogen-bond acceptors (Lipinski definition) is 3. The maximum atomic E-state index is 13.9. The molecule has 2 rings (SSSR count). The van der Waals surface area contributed by atoms with Gasteiger partial charge in [0, 0.05) is 16.9 Å². The Labute approximate surface area is 125 Å². The number of amides is 1. The number of benzene rings is 1. The van der Waals surface area contributed by atoms with Gasteiger partial charge in [0.15, 0.2) is 0 Å². The molecule has 1 amide bonds. The first-order chi connectivity index (χ1) is 9.84. The van der Waals surface area contributed by atoms with Gasteiger partial charge in [0.05, 0.1) is 17.4 Å². The Hall–Kier alpha value is -2.04. The summed E-state index contributed by atoms with van der Waals surface area (Å²) in [6.07, 6.45) is 6.15. The van der Waals surface area contributed by atoms with Gasteiger partial charge in [0.1, 0.15) is 17.3 Å². The molecule has 0 aliphatic rings. The molecular weight excluding hydrogens is 319 g/mol. The van der Waals surface area contributed by atoms with Gasteiger partial charge in [0.2, 0.25) is 5.91 Å². The van der Waals surface area contributed by atoms with Crippen LogP contribution in [-0.4, -0.2) is 25.4 Å². The zero-order valence-corrected chi connectivity index (χ0v) is 12.2. The molecule has 0 unspecified atom stereocenters. The minimum Gasteiger partial charge on any atom is -0.344 e. The van der Waals surface area contributed by atoms with Gasteiger partial charge in [-0.3, -0.25) is 4.79 Å². The van der Waals surface area contributed by atoms with Crippen LogP contribution in [0.3, 0.4) is 0 Å². The molecule has 8 heteroatoms. The zero-order valence-electron chi connectivity index (χ0n) is 10.6. The fourth-order valence-electron chi connectivity index (χ4n) is 1.95. The van der Waals surface area contributed by atoms with Crippen LogP contribution in [0.15, 0.2) is 29.3 Å². The first kappa shape index (κ1) is 15.4. The Morgan fingerprint density at radius 1 is 1.48 bits per heavy atom. The topological polar surface area (TPSA) is 68.2 Å². The highest BCUT2D eigenvalue weighted by atomic mass is 35.7. The summed E-state index contributed by atoms with van der Waals surface area (Å²) in [5, 5.41) is 2.29. The molecule has 1 aromatic carbocycles. The number of terminal acetylenes is 1. The van der Waals surface area contributed by atoms with Crippen LogP contribution in [0, 0.1) is 18.2 Å².